The first-order valence-electron chi connectivity index (χ1n) is 5.57. The molecule has 1 aromatic carbocycles. The second-order valence-electron chi connectivity index (χ2n) is 4.45. The van der Waals surface area contributed by atoms with E-state index in [0.717, 1.165) is 5.56 Å². The van der Waals surface area contributed by atoms with Gasteiger partial charge in [0.1, 0.15) is 0 Å². The van der Waals surface area contributed by atoms with E-state index in [1.54, 1.807) is 0 Å². The molecule has 0 aliphatic carbocycles. The van der Waals surface area contributed by atoms with Gasteiger partial charge >= 0.3 is 0 Å². The number of carbonyl (C=O) groups excluding carboxylic acids is 1. The summed E-state index contributed by atoms with van der Waals surface area (Å²) in [6.07, 6.45) is 1.81. The Labute approximate surface area is 103 Å². The van der Waals surface area contributed by atoms with Crippen molar-refractivity contribution in [3.63, 3.8) is 0 Å². The Kier molecular flexibility index (Phi) is 4.27. The molecule has 0 atom stereocenters. The van der Waals surface area contributed by atoms with Gasteiger partial charge in [0.15, 0.2) is 5.78 Å². The van der Waals surface area contributed by atoms with Gasteiger partial charge in [0.2, 0.25) is 0 Å². The van der Waals surface area contributed by atoms with Gasteiger partial charge in [-0.2, -0.15) is 0 Å². The van der Waals surface area contributed by atoms with Crippen LogP contribution in [-0.4, -0.2) is 24.8 Å². The molecule has 1 aromatic rings. The summed E-state index contributed by atoms with van der Waals surface area (Å²) in [5.74, 6) is -0.0115. The molecule has 0 radical (unpaired) electrons. The number of hydrogen-bond donors (Lipinski definition) is 0. The van der Waals surface area contributed by atoms with Crippen LogP contribution in [0.2, 0.25) is 0 Å². The molecule has 2 nitrogen and oxygen atoms in total. The molecular formula is C15H19NO. The molecule has 0 aromatic heterocycles. The van der Waals surface area contributed by atoms with Crippen LogP contribution in [0.5, 0.6) is 0 Å². The van der Waals surface area contributed by atoms with Gasteiger partial charge in [-0.05, 0) is 19.4 Å². The normalized spacial score (nSPS) is 11.2. The number of aryl methyl sites for hydroxylation is 1. The lowest BCUT2D eigenvalue weighted by atomic mass is 9.98. The molecule has 0 aliphatic rings. The molecule has 0 fully saturated rings. The average Bonchev–Trinajstić information content (AvgIpc) is 2.27. The lowest BCUT2D eigenvalue weighted by Gasteiger charge is -2.09. The number of allylic oxidation sites excluding steroid dienone is 2. The van der Waals surface area contributed by atoms with Crippen LogP contribution in [0.1, 0.15) is 18.1 Å². The van der Waals surface area contributed by atoms with Gasteiger partial charge in [0.25, 0.3) is 0 Å². The molecule has 0 spiro atoms. The Balaban J connectivity index is 2.91. The van der Waals surface area contributed by atoms with E-state index in [-0.39, 0.29) is 5.78 Å². The molecule has 0 saturated heterocycles. The van der Waals surface area contributed by atoms with Gasteiger partial charge in [-0.1, -0.05) is 36.4 Å². The number of nitrogens with zero attached hydrogens (tertiary/aromatic N) is 1. The standard InChI is InChI=1S/C15H19NO/c1-11-6-8-14(9-7-11)13(3)15(17)12(2)10-16(4)5/h6-10H,3H2,1-2,4-5H3/b12-10+. The summed E-state index contributed by atoms with van der Waals surface area (Å²) in [7, 11) is 3.79. The van der Waals surface area contributed by atoms with E-state index in [2.05, 4.69) is 6.58 Å². The van der Waals surface area contributed by atoms with Crippen LogP contribution in [-0.2, 0) is 4.79 Å². The zero-order valence-corrected chi connectivity index (χ0v) is 10.9. The zero-order valence-electron chi connectivity index (χ0n) is 10.9. The van der Waals surface area contributed by atoms with Crippen molar-refractivity contribution in [3.05, 3.63) is 53.7 Å². The molecular weight excluding hydrogens is 210 g/mol. The van der Waals surface area contributed by atoms with Crippen LogP contribution in [0.25, 0.3) is 5.57 Å². The lowest BCUT2D eigenvalue weighted by molar-refractivity contribution is -0.110. The predicted molar refractivity (Wildman–Crippen MR) is 72.7 cm³/mol. The minimum Gasteiger partial charge on any atom is -0.383 e. The largest absolute Gasteiger partial charge is 0.383 e. The van der Waals surface area contributed by atoms with Crippen molar-refractivity contribution in [2.24, 2.45) is 0 Å². The predicted octanol–water partition coefficient (Wildman–Crippen LogP) is 3.04. The molecule has 17 heavy (non-hydrogen) atoms. The second kappa shape index (κ2) is 5.48. The summed E-state index contributed by atoms with van der Waals surface area (Å²) in [5, 5.41) is 0. The number of rotatable bonds is 4. The van der Waals surface area contributed by atoms with Gasteiger partial charge in [-0.3, -0.25) is 4.79 Å². The van der Waals surface area contributed by atoms with Crippen molar-refractivity contribution in [1.29, 1.82) is 0 Å². The molecule has 90 valence electrons. The molecule has 0 N–H and O–H groups in total. The van der Waals surface area contributed by atoms with E-state index in [4.69, 9.17) is 0 Å². The Morgan fingerprint density at radius 1 is 1.24 bits per heavy atom. The Morgan fingerprint density at radius 2 is 1.76 bits per heavy atom. The fourth-order valence-electron chi connectivity index (χ4n) is 1.57. The SMILES string of the molecule is C=C(C(=O)/C(C)=C/N(C)C)c1ccc(C)cc1. The van der Waals surface area contributed by atoms with Crippen molar-refractivity contribution in [3.8, 4) is 0 Å². The first-order valence-corrected chi connectivity index (χ1v) is 5.57. The van der Waals surface area contributed by atoms with Crippen molar-refractivity contribution in [2.75, 3.05) is 14.1 Å². The maximum absolute atomic E-state index is 12.1. The van der Waals surface area contributed by atoms with Crippen LogP contribution in [0.4, 0.5) is 0 Å². The molecule has 0 aliphatic heterocycles. The van der Waals surface area contributed by atoms with Crippen LogP contribution >= 0.6 is 0 Å². The van der Waals surface area contributed by atoms with Crippen molar-refractivity contribution >= 4 is 11.4 Å². The maximum Gasteiger partial charge on any atom is 0.190 e. The fourth-order valence-corrected chi connectivity index (χ4v) is 1.57. The summed E-state index contributed by atoms with van der Waals surface area (Å²) >= 11 is 0. The van der Waals surface area contributed by atoms with Gasteiger partial charge in [-0.15, -0.1) is 0 Å². The molecule has 0 unspecified atom stereocenters. The minimum absolute atomic E-state index is 0.0115. The minimum atomic E-state index is -0.0115. The summed E-state index contributed by atoms with van der Waals surface area (Å²) < 4.78 is 0. The quantitative estimate of drug-likeness (QED) is 0.740. The third kappa shape index (κ3) is 3.59. The van der Waals surface area contributed by atoms with E-state index in [1.165, 1.54) is 5.56 Å². The summed E-state index contributed by atoms with van der Waals surface area (Å²) in [6.45, 7) is 7.70. The van der Waals surface area contributed by atoms with Crippen LogP contribution in [0.15, 0.2) is 42.6 Å². The van der Waals surface area contributed by atoms with Crippen LogP contribution < -0.4 is 0 Å². The van der Waals surface area contributed by atoms with Gasteiger partial charge < -0.3 is 4.90 Å². The van der Waals surface area contributed by atoms with Crippen LogP contribution in [0.3, 0.4) is 0 Å². The molecule has 0 amide bonds. The fraction of sp³-hybridized carbons (Fsp3) is 0.267. The highest BCUT2D eigenvalue weighted by molar-refractivity contribution is 6.27. The first-order chi connectivity index (χ1) is 7.91. The summed E-state index contributed by atoms with van der Waals surface area (Å²) in [6, 6.07) is 7.83. The lowest BCUT2D eigenvalue weighted by Crippen LogP contribution is -2.08. The van der Waals surface area contributed by atoms with E-state index in [0.29, 0.717) is 11.1 Å². The van der Waals surface area contributed by atoms with E-state index in [9.17, 15) is 4.79 Å². The highest BCUT2D eigenvalue weighted by Crippen LogP contribution is 2.17. The third-order valence-electron chi connectivity index (χ3n) is 2.48. The molecule has 0 saturated carbocycles. The number of hydrogen-bond acceptors (Lipinski definition) is 2. The second-order valence-corrected chi connectivity index (χ2v) is 4.45. The monoisotopic (exact) mass is 229 g/mol. The zero-order chi connectivity index (χ0) is 13.0. The van der Waals surface area contributed by atoms with E-state index >= 15 is 0 Å². The van der Waals surface area contributed by atoms with E-state index < -0.39 is 0 Å². The maximum atomic E-state index is 12.1. The summed E-state index contributed by atoms with van der Waals surface area (Å²) in [5.41, 5.74) is 3.29. The van der Waals surface area contributed by atoms with Crippen molar-refractivity contribution < 1.29 is 4.79 Å². The number of benzene rings is 1. The van der Waals surface area contributed by atoms with Crippen molar-refractivity contribution in [2.45, 2.75) is 13.8 Å². The Hall–Kier alpha value is -1.83. The van der Waals surface area contributed by atoms with Crippen LogP contribution in [0, 0.1) is 6.92 Å². The highest BCUT2D eigenvalue weighted by atomic mass is 16.1. The smallest absolute Gasteiger partial charge is 0.190 e. The van der Waals surface area contributed by atoms with Gasteiger partial charge in [-0.25, -0.2) is 0 Å². The van der Waals surface area contributed by atoms with E-state index in [1.807, 2.05) is 63.3 Å². The van der Waals surface area contributed by atoms with Gasteiger partial charge in [0, 0.05) is 31.4 Å². The van der Waals surface area contributed by atoms with Crippen molar-refractivity contribution in [1.82, 2.24) is 4.90 Å². The van der Waals surface area contributed by atoms with Gasteiger partial charge in [0.05, 0.1) is 0 Å². The molecule has 0 bridgehead atoms. The molecule has 1 rings (SSSR count). The number of Topliss-reactive ketones (excluding diaryl/α,β-unsaturated/α-hetero) is 1. The molecule has 2 heteroatoms. The average molecular weight is 229 g/mol. The highest BCUT2D eigenvalue weighted by Gasteiger charge is 2.11. The number of carbonyl (C=O) groups is 1. The molecule has 0 heterocycles. The Bertz CT molecular complexity index is 452. The Morgan fingerprint density at radius 3 is 2.24 bits per heavy atom. The summed E-state index contributed by atoms with van der Waals surface area (Å²) in [4.78, 5) is 13.9. The first kappa shape index (κ1) is 13.2. The number of ketones is 1. The third-order valence-corrected chi connectivity index (χ3v) is 2.48. The topological polar surface area (TPSA) is 20.3 Å².